The molecule has 0 radical (unpaired) electrons. The van der Waals surface area contributed by atoms with Crippen molar-refractivity contribution in [3.63, 3.8) is 0 Å². The Kier molecular flexibility index (Phi) is 2.03. The molecule has 2 N–H and O–H groups in total. The van der Waals surface area contributed by atoms with E-state index in [1.165, 1.54) is 6.33 Å². The van der Waals surface area contributed by atoms with Crippen molar-refractivity contribution in [2.24, 2.45) is 5.92 Å². The number of rotatable bonds is 2. The first-order chi connectivity index (χ1) is 7.74. The van der Waals surface area contributed by atoms with E-state index in [-0.39, 0.29) is 22.9 Å². The number of nitrogens with zero attached hydrogens (tertiary/aromatic N) is 3. The molecule has 1 aliphatic carbocycles. The predicted octanol–water partition coefficient (Wildman–Crippen LogP) is 1.35. The largest absolute Gasteiger partial charge is 0.341 e. The van der Waals surface area contributed by atoms with Crippen LogP contribution in [0.3, 0.4) is 0 Å². The normalized spacial score (nSPS) is 15.3. The van der Waals surface area contributed by atoms with Crippen LogP contribution in [0.2, 0.25) is 5.15 Å². The summed E-state index contributed by atoms with van der Waals surface area (Å²) in [6, 6.07) is 0. The smallest absolute Gasteiger partial charge is 0.233 e. The van der Waals surface area contributed by atoms with Crippen molar-refractivity contribution >= 4 is 34.6 Å². The summed E-state index contributed by atoms with van der Waals surface area (Å²) in [5, 5.41) is 2.89. The van der Waals surface area contributed by atoms with E-state index >= 15 is 0 Å². The molecule has 0 spiro atoms. The summed E-state index contributed by atoms with van der Waals surface area (Å²) < 4.78 is 0. The highest BCUT2D eigenvalue weighted by Crippen LogP contribution is 2.30. The van der Waals surface area contributed by atoms with E-state index in [2.05, 4.69) is 25.3 Å². The molecule has 0 bridgehead atoms. The molecule has 0 saturated heterocycles. The van der Waals surface area contributed by atoms with E-state index in [0.717, 1.165) is 12.8 Å². The molecule has 0 atom stereocenters. The number of anilines is 1. The maximum absolute atomic E-state index is 11.5. The predicted molar refractivity (Wildman–Crippen MR) is 58.0 cm³/mol. The average Bonchev–Trinajstić information content (AvgIpc) is 2.98. The van der Waals surface area contributed by atoms with Gasteiger partial charge in [0.15, 0.2) is 10.8 Å². The van der Waals surface area contributed by atoms with Gasteiger partial charge in [0.05, 0.1) is 6.33 Å². The molecule has 0 aromatic carbocycles. The number of carbonyl (C=O) groups is 1. The number of imidazole rings is 1. The van der Waals surface area contributed by atoms with E-state index in [1.54, 1.807) is 0 Å². The fraction of sp³-hybridized carbons (Fsp3) is 0.333. The summed E-state index contributed by atoms with van der Waals surface area (Å²) in [4.78, 5) is 26.3. The average molecular weight is 238 g/mol. The van der Waals surface area contributed by atoms with Gasteiger partial charge in [-0.25, -0.2) is 4.98 Å². The van der Waals surface area contributed by atoms with Gasteiger partial charge in [0.2, 0.25) is 11.9 Å². The zero-order valence-electron chi connectivity index (χ0n) is 8.20. The molecule has 2 aromatic heterocycles. The zero-order valence-corrected chi connectivity index (χ0v) is 8.95. The topological polar surface area (TPSA) is 83.6 Å². The fourth-order valence-electron chi connectivity index (χ4n) is 1.41. The van der Waals surface area contributed by atoms with Crippen molar-refractivity contribution in [2.45, 2.75) is 12.8 Å². The number of aromatic amines is 1. The summed E-state index contributed by atoms with van der Waals surface area (Å²) in [5.41, 5.74) is 1.03. The SMILES string of the molecule is O=C(Nc1nc(Cl)c2[nH]cnc2n1)C1CC1. The van der Waals surface area contributed by atoms with Crippen molar-refractivity contribution in [3.05, 3.63) is 11.5 Å². The van der Waals surface area contributed by atoms with Crippen LogP contribution in [0.15, 0.2) is 6.33 Å². The molecule has 2 heterocycles. The molecule has 0 unspecified atom stereocenters. The van der Waals surface area contributed by atoms with Crippen LogP contribution in [0.5, 0.6) is 0 Å². The van der Waals surface area contributed by atoms with Gasteiger partial charge >= 0.3 is 0 Å². The number of hydrogen-bond donors (Lipinski definition) is 2. The Morgan fingerprint density at radius 2 is 2.31 bits per heavy atom. The van der Waals surface area contributed by atoms with Crippen molar-refractivity contribution in [1.29, 1.82) is 0 Å². The number of halogens is 1. The Morgan fingerprint density at radius 1 is 1.50 bits per heavy atom. The third-order valence-corrected chi connectivity index (χ3v) is 2.70. The summed E-state index contributed by atoms with van der Waals surface area (Å²) in [5.74, 6) is 0.268. The maximum atomic E-state index is 11.5. The van der Waals surface area contributed by atoms with Gasteiger partial charge in [-0.3, -0.25) is 10.1 Å². The summed E-state index contributed by atoms with van der Waals surface area (Å²) >= 11 is 5.91. The van der Waals surface area contributed by atoms with Gasteiger partial charge < -0.3 is 4.98 Å². The minimum absolute atomic E-state index is 0.0500. The minimum Gasteiger partial charge on any atom is -0.341 e. The summed E-state index contributed by atoms with van der Waals surface area (Å²) in [7, 11) is 0. The molecule has 3 rings (SSSR count). The second kappa shape index (κ2) is 3.41. The third kappa shape index (κ3) is 1.61. The van der Waals surface area contributed by atoms with Gasteiger partial charge in [-0.15, -0.1) is 0 Å². The molecule has 1 aliphatic rings. The van der Waals surface area contributed by atoms with Crippen LogP contribution in [0.25, 0.3) is 11.2 Å². The lowest BCUT2D eigenvalue weighted by atomic mass is 10.4. The second-order valence-corrected chi connectivity index (χ2v) is 4.06. The van der Waals surface area contributed by atoms with Crippen molar-refractivity contribution < 1.29 is 4.79 Å². The Hall–Kier alpha value is -1.69. The van der Waals surface area contributed by atoms with E-state index in [9.17, 15) is 4.79 Å². The Labute approximate surface area is 95.4 Å². The first kappa shape index (κ1) is 9.53. The second-order valence-electron chi connectivity index (χ2n) is 3.70. The van der Waals surface area contributed by atoms with Crippen molar-refractivity contribution in [1.82, 2.24) is 19.9 Å². The third-order valence-electron chi connectivity index (χ3n) is 2.42. The molecule has 1 fully saturated rings. The highest BCUT2D eigenvalue weighted by Gasteiger charge is 2.30. The molecular formula is C9H8ClN5O. The number of nitrogens with one attached hydrogen (secondary N) is 2. The molecule has 1 amide bonds. The summed E-state index contributed by atoms with van der Waals surface area (Å²) in [6.45, 7) is 0. The fourth-order valence-corrected chi connectivity index (χ4v) is 1.63. The molecular weight excluding hydrogens is 230 g/mol. The first-order valence-electron chi connectivity index (χ1n) is 4.91. The lowest BCUT2D eigenvalue weighted by Gasteiger charge is -2.02. The van der Waals surface area contributed by atoms with Crippen LogP contribution in [0, 0.1) is 5.92 Å². The van der Waals surface area contributed by atoms with Crippen LogP contribution in [0.1, 0.15) is 12.8 Å². The van der Waals surface area contributed by atoms with E-state index < -0.39 is 0 Å². The molecule has 2 aromatic rings. The standard InChI is InChI=1S/C9H8ClN5O/c10-6-5-7(12-3-11-5)14-9(13-6)15-8(16)4-1-2-4/h3-4H,1-2H2,(H2,11,12,13,14,15,16). The molecule has 16 heavy (non-hydrogen) atoms. The monoisotopic (exact) mass is 237 g/mol. The first-order valence-corrected chi connectivity index (χ1v) is 5.29. The Morgan fingerprint density at radius 3 is 3.06 bits per heavy atom. The highest BCUT2D eigenvalue weighted by molar-refractivity contribution is 6.33. The van der Waals surface area contributed by atoms with Gasteiger partial charge in [0.1, 0.15) is 5.52 Å². The van der Waals surface area contributed by atoms with Gasteiger partial charge in [0, 0.05) is 5.92 Å². The van der Waals surface area contributed by atoms with Crippen LogP contribution >= 0.6 is 11.6 Å². The number of hydrogen-bond acceptors (Lipinski definition) is 4. The Bertz CT molecular complexity index is 562. The highest BCUT2D eigenvalue weighted by atomic mass is 35.5. The van der Waals surface area contributed by atoms with Crippen molar-refractivity contribution in [3.8, 4) is 0 Å². The Balaban J connectivity index is 1.94. The lowest BCUT2D eigenvalue weighted by molar-refractivity contribution is -0.117. The van der Waals surface area contributed by atoms with Gasteiger partial charge in [0.25, 0.3) is 0 Å². The molecule has 6 nitrogen and oxygen atoms in total. The van der Waals surface area contributed by atoms with Crippen LogP contribution < -0.4 is 5.32 Å². The zero-order chi connectivity index (χ0) is 11.1. The molecule has 1 saturated carbocycles. The number of aromatic nitrogens is 4. The quantitative estimate of drug-likeness (QED) is 0.773. The summed E-state index contributed by atoms with van der Waals surface area (Å²) in [6.07, 6.45) is 3.35. The van der Waals surface area contributed by atoms with Crippen LogP contribution in [0.4, 0.5) is 5.95 Å². The molecule has 7 heteroatoms. The van der Waals surface area contributed by atoms with E-state index in [4.69, 9.17) is 11.6 Å². The van der Waals surface area contributed by atoms with Gasteiger partial charge in [-0.2, -0.15) is 9.97 Å². The van der Waals surface area contributed by atoms with E-state index in [1.807, 2.05) is 0 Å². The van der Waals surface area contributed by atoms with Gasteiger partial charge in [-0.05, 0) is 12.8 Å². The minimum atomic E-state index is -0.0500. The molecule has 0 aliphatic heterocycles. The van der Waals surface area contributed by atoms with Crippen LogP contribution in [-0.4, -0.2) is 25.8 Å². The van der Waals surface area contributed by atoms with Gasteiger partial charge in [-0.1, -0.05) is 11.6 Å². The van der Waals surface area contributed by atoms with Crippen LogP contribution in [-0.2, 0) is 4.79 Å². The number of fused-ring (bicyclic) bond motifs is 1. The number of amides is 1. The number of carbonyl (C=O) groups excluding carboxylic acids is 1. The molecule has 82 valence electrons. The maximum Gasteiger partial charge on any atom is 0.233 e. The van der Waals surface area contributed by atoms with E-state index in [0.29, 0.717) is 11.2 Å². The number of H-pyrrole nitrogens is 1. The van der Waals surface area contributed by atoms with Crippen molar-refractivity contribution in [2.75, 3.05) is 5.32 Å². The lowest BCUT2D eigenvalue weighted by Crippen LogP contribution is -2.15.